The van der Waals surface area contributed by atoms with Crippen molar-refractivity contribution in [1.29, 1.82) is 0 Å². The number of amides is 2. The molecule has 3 rings (SSSR count). The second kappa shape index (κ2) is 6.53. The third kappa shape index (κ3) is 3.21. The van der Waals surface area contributed by atoms with E-state index in [0.717, 1.165) is 17.7 Å². The molecule has 2 atom stereocenters. The molecule has 0 saturated heterocycles. The molecule has 0 spiro atoms. The van der Waals surface area contributed by atoms with Gasteiger partial charge in [-0.15, -0.1) is 0 Å². The van der Waals surface area contributed by atoms with Gasteiger partial charge < -0.3 is 15.8 Å². The van der Waals surface area contributed by atoms with Crippen LogP contribution >= 0.6 is 11.6 Å². The van der Waals surface area contributed by atoms with Gasteiger partial charge in [-0.3, -0.25) is 9.59 Å². The number of ether oxygens (including phenoxy) is 1. The molecule has 6 heteroatoms. The van der Waals surface area contributed by atoms with Crippen molar-refractivity contribution in [3.63, 3.8) is 0 Å². The highest BCUT2D eigenvalue weighted by atomic mass is 35.5. The van der Waals surface area contributed by atoms with Gasteiger partial charge in [0.25, 0.3) is 0 Å². The van der Waals surface area contributed by atoms with Crippen LogP contribution < -0.4 is 15.8 Å². The number of nitrogens with two attached hydrogens (primary N) is 1. The minimum absolute atomic E-state index is 0.0938. The van der Waals surface area contributed by atoms with E-state index in [2.05, 4.69) is 5.32 Å². The van der Waals surface area contributed by atoms with E-state index in [-0.39, 0.29) is 28.3 Å². The van der Waals surface area contributed by atoms with Crippen LogP contribution in [0.3, 0.4) is 0 Å². The maximum absolute atomic E-state index is 12.4. The Labute approximate surface area is 144 Å². The average molecular weight is 345 g/mol. The molecule has 124 valence electrons. The van der Waals surface area contributed by atoms with E-state index in [4.69, 9.17) is 22.1 Å². The summed E-state index contributed by atoms with van der Waals surface area (Å²) in [5, 5.41) is 3.08. The van der Waals surface area contributed by atoms with Gasteiger partial charge in [0, 0.05) is 11.6 Å². The fourth-order valence-electron chi connectivity index (χ4n) is 2.83. The molecule has 0 bridgehead atoms. The number of halogens is 1. The molecule has 0 aromatic heterocycles. The molecule has 1 fully saturated rings. The number of rotatable bonds is 5. The summed E-state index contributed by atoms with van der Waals surface area (Å²) in [6.07, 6.45) is 0.766. The van der Waals surface area contributed by atoms with Crippen molar-refractivity contribution < 1.29 is 14.3 Å². The van der Waals surface area contributed by atoms with Crippen molar-refractivity contribution in [3.05, 3.63) is 58.6 Å². The fraction of sp³-hybridized carbons (Fsp3) is 0.222. The van der Waals surface area contributed by atoms with Crippen LogP contribution in [0.25, 0.3) is 0 Å². The Morgan fingerprint density at radius 3 is 2.71 bits per heavy atom. The second-order valence-corrected chi connectivity index (χ2v) is 6.15. The first-order chi connectivity index (χ1) is 11.5. The average Bonchev–Trinajstić information content (AvgIpc) is 3.37. The van der Waals surface area contributed by atoms with E-state index in [1.807, 2.05) is 24.3 Å². The monoisotopic (exact) mass is 344 g/mol. The third-order valence-corrected chi connectivity index (χ3v) is 4.49. The number of primary amides is 1. The van der Waals surface area contributed by atoms with E-state index in [0.29, 0.717) is 5.69 Å². The Kier molecular flexibility index (Phi) is 4.44. The molecule has 5 nitrogen and oxygen atoms in total. The zero-order valence-electron chi connectivity index (χ0n) is 13.1. The SMILES string of the molecule is COc1ccccc1[C@@H]1C[C@@H]1C(=O)Nc1ccc(Cl)c(C(N)=O)c1. The molecular formula is C18H17ClN2O3. The van der Waals surface area contributed by atoms with Gasteiger partial charge in [0.15, 0.2) is 0 Å². The lowest BCUT2D eigenvalue weighted by Gasteiger charge is -2.09. The van der Waals surface area contributed by atoms with Gasteiger partial charge in [-0.05, 0) is 42.2 Å². The van der Waals surface area contributed by atoms with Crippen LogP contribution in [0, 0.1) is 5.92 Å². The second-order valence-electron chi connectivity index (χ2n) is 5.74. The number of anilines is 1. The largest absolute Gasteiger partial charge is 0.496 e. The molecule has 2 aromatic rings. The van der Waals surface area contributed by atoms with Gasteiger partial charge in [0.2, 0.25) is 11.8 Å². The third-order valence-electron chi connectivity index (χ3n) is 4.16. The first-order valence-corrected chi connectivity index (χ1v) is 7.92. The van der Waals surface area contributed by atoms with Crippen molar-refractivity contribution in [2.45, 2.75) is 12.3 Å². The first kappa shape index (κ1) is 16.3. The lowest BCUT2D eigenvalue weighted by atomic mass is 10.1. The number of nitrogens with one attached hydrogen (secondary N) is 1. The van der Waals surface area contributed by atoms with Crippen LogP contribution in [0.4, 0.5) is 5.69 Å². The minimum atomic E-state index is -0.630. The predicted molar refractivity (Wildman–Crippen MR) is 92.4 cm³/mol. The quantitative estimate of drug-likeness (QED) is 0.874. The van der Waals surface area contributed by atoms with Crippen molar-refractivity contribution in [1.82, 2.24) is 0 Å². The Morgan fingerprint density at radius 2 is 2.00 bits per heavy atom. The zero-order chi connectivity index (χ0) is 17.3. The summed E-state index contributed by atoms with van der Waals surface area (Å²) >= 11 is 5.91. The number of hydrogen-bond acceptors (Lipinski definition) is 3. The van der Waals surface area contributed by atoms with Gasteiger partial charge in [-0.1, -0.05) is 29.8 Å². The number of benzene rings is 2. The number of hydrogen-bond donors (Lipinski definition) is 2. The fourth-order valence-corrected chi connectivity index (χ4v) is 3.04. The Hall–Kier alpha value is -2.53. The molecule has 0 unspecified atom stereocenters. The Morgan fingerprint density at radius 1 is 1.25 bits per heavy atom. The Bertz CT molecular complexity index is 807. The van der Waals surface area contributed by atoms with Crippen molar-refractivity contribution >= 4 is 29.1 Å². The maximum Gasteiger partial charge on any atom is 0.250 e. The molecule has 2 aromatic carbocycles. The van der Waals surface area contributed by atoms with E-state index in [1.165, 1.54) is 6.07 Å². The Balaban J connectivity index is 1.71. The summed E-state index contributed by atoms with van der Waals surface area (Å²) in [4.78, 5) is 23.7. The van der Waals surface area contributed by atoms with E-state index in [1.54, 1.807) is 19.2 Å². The van der Waals surface area contributed by atoms with Crippen LogP contribution in [0.15, 0.2) is 42.5 Å². The lowest BCUT2D eigenvalue weighted by Crippen LogP contribution is -2.16. The summed E-state index contributed by atoms with van der Waals surface area (Å²) < 4.78 is 5.35. The molecular weight excluding hydrogens is 328 g/mol. The van der Waals surface area contributed by atoms with Gasteiger partial charge in [-0.2, -0.15) is 0 Å². The van der Waals surface area contributed by atoms with Crippen molar-refractivity contribution in [2.75, 3.05) is 12.4 Å². The normalized spacial score (nSPS) is 18.8. The minimum Gasteiger partial charge on any atom is -0.496 e. The predicted octanol–water partition coefficient (Wildman–Crippen LogP) is 3.19. The van der Waals surface area contributed by atoms with Gasteiger partial charge in [0.05, 0.1) is 17.7 Å². The summed E-state index contributed by atoms with van der Waals surface area (Å²) in [6.45, 7) is 0. The van der Waals surface area contributed by atoms with E-state index >= 15 is 0 Å². The molecule has 0 radical (unpaired) electrons. The highest BCUT2D eigenvalue weighted by molar-refractivity contribution is 6.34. The standard InChI is InChI=1S/C18H17ClN2O3/c1-24-16-5-3-2-4-11(16)12-9-13(12)18(23)21-10-6-7-15(19)14(8-10)17(20)22/h2-8,12-13H,9H2,1H3,(H2,20,22)(H,21,23)/t12-,13-/m0/s1. The van der Waals surface area contributed by atoms with E-state index < -0.39 is 5.91 Å². The molecule has 3 N–H and O–H groups in total. The molecule has 0 heterocycles. The van der Waals surface area contributed by atoms with Crippen LogP contribution in [0.2, 0.25) is 5.02 Å². The topological polar surface area (TPSA) is 81.4 Å². The molecule has 1 aliphatic rings. The van der Waals surface area contributed by atoms with Gasteiger partial charge in [0.1, 0.15) is 5.75 Å². The van der Waals surface area contributed by atoms with E-state index in [9.17, 15) is 9.59 Å². The zero-order valence-corrected chi connectivity index (χ0v) is 13.8. The summed E-state index contributed by atoms with van der Waals surface area (Å²) in [5.74, 6) is 0.0939. The molecule has 2 amide bonds. The molecule has 0 aliphatic heterocycles. The smallest absolute Gasteiger partial charge is 0.250 e. The van der Waals surface area contributed by atoms with Gasteiger partial charge >= 0.3 is 0 Å². The lowest BCUT2D eigenvalue weighted by molar-refractivity contribution is -0.117. The summed E-state index contributed by atoms with van der Waals surface area (Å²) in [7, 11) is 1.62. The van der Waals surface area contributed by atoms with Gasteiger partial charge in [-0.25, -0.2) is 0 Å². The molecule has 24 heavy (non-hydrogen) atoms. The van der Waals surface area contributed by atoms with Crippen LogP contribution in [-0.2, 0) is 4.79 Å². The van der Waals surface area contributed by atoms with Crippen molar-refractivity contribution in [2.24, 2.45) is 11.7 Å². The molecule has 1 saturated carbocycles. The van der Waals surface area contributed by atoms with Crippen molar-refractivity contribution in [3.8, 4) is 5.75 Å². The first-order valence-electron chi connectivity index (χ1n) is 7.54. The highest BCUT2D eigenvalue weighted by Gasteiger charge is 2.45. The molecule has 1 aliphatic carbocycles. The number of carbonyl (C=O) groups is 2. The summed E-state index contributed by atoms with van der Waals surface area (Å²) in [5.41, 5.74) is 6.99. The van der Waals surface area contributed by atoms with Crippen LogP contribution in [0.5, 0.6) is 5.75 Å². The number of methoxy groups -OCH3 is 1. The highest BCUT2D eigenvalue weighted by Crippen LogP contribution is 2.50. The van der Waals surface area contributed by atoms with Crippen LogP contribution in [-0.4, -0.2) is 18.9 Å². The number of para-hydroxylation sites is 1. The number of carbonyl (C=O) groups excluding carboxylic acids is 2. The maximum atomic E-state index is 12.4. The summed E-state index contributed by atoms with van der Waals surface area (Å²) in [6, 6.07) is 12.4. The van der Waals surface area contributed by atoms with Crippen LogP contribution in [0.1, 0.15) is 28.3 Å².